The summed E-state index contributed by atoms with van der Waals surface area (Å²) < 4.78 is 83.1. The van der Waals surface area contributed by atoms with E-state index < -0.39 is 35.1 Å². The van der Waals surface area contributed by atoms with E-state index in [1.807, 2.05) is 17.0 Å². The molecule has 2 aromatic heterocycles. The Morgan fingerprint density at radius 3 is 2.49 bits per heavy atom. The summed E-state index contributed by atoms with van der Waals surface area (Å²) in [5.41, 5.74) is 0.544. The molecule has 1 N–H and O–H groups in total. The molecule has 0 amide bonds. The molecule has 1 saturated carbocycles. The third kappa shape index (κ3) is 4.61. The van der Waals surface area contributed by atoms with Crippen molar-refractivity contribution in [3.05, 3.63) is 72.2 Å². The van der Waals surface area contributed by atoms with Crippen LogP contribution in [0.3, 0.4) is 0 Å². The molecule has 0 spiro atoms. The summed E-state index contributed by atoms with van der Waals surface area (Å²) in [6.45, 7) is 2.47. The van der Waals surface area contributed by atoms with Gasteiger partial charge in [0.2, 0.25) is 0 Å². The van der Waals surface area contributed by atoms with E-state index in [9.17, 15) is 22.0 Å². The van der Waals surface area contributed by atoms with Crippen LogP contribution < -0.4 is 9.47 Å². The first-order valence-electron chi connectivity index (χ1n) is 13.2. The smallest absolute Gasteiger partial charge is 0.271 e. The molecule has 3 heterocycles. The van der Waals surface area contributed by atoms with E-state index in [4.69, 9.17) is 9.47 Å². The number of aromatic amines is 1. The number of hydrogen-bond acceptors (Lipinski definition) is 5. The zero-order valence-corrected chi connectivity index (χ0v) is 22.6. The highest BCUT2D eigenvalue weighted by Crippen LogP contribution is 2.59. The van der Waals surface area contributed by atoms with Gasteiger partial charge in [-0.25, -0.2) is 22.0 Å². The normalized spacial score (nSPS) is 20.0. The van der Waals surface area contributed by atoms with Crippen LogP contribution in [0, 0.1) is 17.7 Å². The standard InChI is InChI=1S/C30H24F5N3O2S/c1-29(32,33)22-12-16(31)2-7-19(22)28-26(20-8-9-25-21(13-36-37-25)27(20)41-28)40-18-5-3-17(4-6-18)39-11-10-38-14-23-24(15-38)30(23,34)35/h2-9,12-13,23-24H,10-11,14-15H2,1H3,(H,36,37). The van der Waals surface area contributed by atoms with Gasteiger partial charge in [0.1, 0.15) is 23.9 Å². The van der Waals surface area contributed by atoms with Crippen LogP contribution in [0.2, 0.25) is 0 Å². The van der Waals surface area contributed by atoms with E-state index in [0.717, 1.165) is 34.7 Å². The average Bonchev–Trinajstić information content (AvgIpc) is 3.47. The second-order valence-electron chi connectivity index (χ2n) is 10.7. The number of nitrogens with zero attached hydrogens (tertiary/aromatic N) is 2. The van der Waals surface area contributed by atoms with Crippen molar-refractivity contribution in [2.45, 2.75) is 18.8 Å². The van der Waals surface area contributed by atoms with E-state index in [1.165, 1.54) is 17.4 Å². The Balaban J connectivity index is 1.16. The van der Waals surface area contributed by atoms with Crippen molar-refractivity contribution in [2.24, 2.45) is 11.8 Å². The number of fused-ring (bicyclic) bond motifs is 4. The number of alkyl halides is 4. The van der Waals surface area contributed by atoms with Gasteiger partial charge in [-0.2, -0.15) is 5.10 Å². The summed E-state index contributed by atoms with van der Waals surface area (Å²) in [6.07, 6.45) is 1.67. The van der Waals surface area contributed by atoms with Crippen LogP contribution >= 0.6 is 11.3 Å². The monoisotopic (exact) mass is 585 g/mol. The van der Waals surface area contributed by atoms with Gasteiger partial charge in [0.25, 0.3) is 11.8 Å². The maximum Gasteiger partial charge on any atom is 0.271 e. The van der Waals surface area contributed by atoms with Gasteiger partial charge in [0.05, 0.1) is 16.6 Å². The number of thiophene rings is 1. The number of benzene rings is 3. The number of piperidine rings is 1. The van der Waals surface area contributed by atoms with Crippen LogP contribution in [0.25, 0.3) is 31.4 Å². The summed E-state index contributed by atoms with van der Waals surface area (Å²) in [4.78, 5) is 2.44. The fourth-order valence-corrected chi connectivity index (χ4v) is 6.97. The van der Waals surface area contributed by atoms with Gasteiger partial charge >= 0.3 is 0 Å². The third-order valence-corrected chi connectivity index (χ3v) is 9.18. The van der Waals surface area contributed by atoms with Crippen LogP contribution in [0.15, 0.2) is 60.8 Å². The molecule has 2 fully saturated rings. The highest BCUT2D eigenvalue weighted by atomic mass is 32.1. The summed E-state index contributed by atoms with van der Waals surface area (Å²) in [5, 5.41) is 8.55. The Bertz CT molecular complexity index is 1750. The molecular weight excluding hydrogens is 561 g/mol. The summed E-state index contributed by atoms with van der Waals surface area (Å²) in [6, 6.07) is 14.0. The van der Waals surface area contributed by atoms with Crippen molar-refractivity contribution >= 4 is 32.3 Å². The van der Waals surface area contributed by atoms with Crippen LogP contribution in [-0.2, 0) is 5.92 Å². The second kappa shape index (κ2) is 9.42. The quantitative estimate of drug-likeness (QED) is 0.187. The number of halogens is 5. The van der Waals surface area contributed by atoms with Gasteiger partial charge < -0.3 is 9.47 Å². The third-order valence-electron chi connectivity index (χ3n) is 7.92. The summed E-state index contributed by atoms with van der Waals surface area (Å²) in [7, 11) is 0. The fraction of sp³-hybridized carbons (Fsp3) is 0.300. The average molecular weight is 586 g/mol. The molecule has 41 heavy (non-hydrogen) atoms. The molecular formula is C30H24F5N3O2S. The van der Waals surface area contributed by atoms with Gasteiger partial charge in [-0.05, 0) is 48.5 Å². The van der Waals surface area contributed by atoms with E-state index in [-0.39, 0.29) is 5.56 Å². The van der Waals surface area contributed by atoms with E-state index >= 15 is 0 Å². The molecule has 0 bridgehead atoms. The minimum Gasteiger partial charge on any atom is -0.492 e. The van der Waals surface area contributed by atoms with Crippen molar-refractivity contribution in [3.63, 3.8) is 0 Å². The lowest BCUT2D eigenvalue weighted by molar-refractivity contribution is 0.0178. The molecule has 1 aliphatic carbocycles. The second-order valence-corrected chi connectivity index (χ2v) is 11.7. The highest BCUT2D eigenvalue weighted by Gasteiger charge is 2.71. The topological polar surface area (TPSA) is 50.4 Å². The molecule has 11 heteroatoms. The number of nitrogens with one attached hydrogen (secondary N) is 1. The van der Waals surface area contributed by atoms with Gasteiger partial charge in [0, 0.05) is 65.0 Å². The van der Waals surface area contributed by atoms with Gasteiger partial charge in [-0.15, -0.1) is 11.3 Å². The molecule has 5 aromatic rings. The highest BCUT2D eigenvalue weighted by molar-refractivity contribution is 7.23. The minimum atomic E-state index is -3.29. The molecule has 2 unspecified atom stereocenters. The number of hydrogen-bond donors (Lipinski definition) is 1. The Morgan fingerprint density at radius 1 is 1.02 bits per heavy atom. The Kier molecular flexibility index (Phi) is 6.02. The fourth-order valence-electron chi connectivity index (χ4n) is 5.69. The SMILES string of the molecule is CC(F)(F)c1cc(F)ccc1-c1sc2c(ccc3[nH]ncc32)c1Oc1ccc(OCCN2CC3C(C2)C3(F)F)cc1. The van der Waals surface area contributed by atoms with E-state index in [0.29, 0.717) is 53.8 Å². The van der Waals surface area contributed by atoms with Crippen LogP contribution in [0.5, 0.6) is 17.2 Å². The lowest BCUT2D eigenvalue weighted by Gasteiger charge is -2.19. The number of aromatic nitrogens is 2. The van der Waals surface area contributed by atoms with Gasteiger partial charge in [0.15, 0.2) is 5.75 Å². The molecule has 3 aromatic carbocycles. The van der Waals surface area contributed by atoms with Crippen molar-refractivity contribution in [3.8, 4) is 27.7 Å². The van der Waals surface area contributed by atoms with E-state index in [2.05, 4.69) is 10.2 Å². The van der Waals surface area contributed by atoms with Crippen LogP contribution in [0.1, 0.15) is 12.5 Å². The van der Waals surface area contributed by atoms with E-state index in [1.54, 1.807) is 30.5 Å². The zero-order chi connectivity index (χ0) is 28.5. The Hall–Kier alpha value is -3.70. The van der Waals surface area contributed by atoms with Crippen LogP contribution in [0.4, 0.5) is 22.0 Å². The zero-order valence-electron chi connectivity index (χ0n) is 21.8. The van der Waals surface area contributed by atoms with Crippen molar-refractivity contribution in [1.29, 1.82) is 0 Å². The summed E-state index contributed by atoms with van der Waals surface area (Å²) >= 11 is 1.28. The van der Waals surface area contributed by atoms with Crippen molar-refractivity contribution in [2.75, 3.05) is 26.2 Å². The number of likely N-dealkylation sites (tertiary alicyclic amines) is 1. The maximum absolute atomic E-state index is 14.6. The first-order valence-corrected chi connectivity index (χ1v) is 14.0. The van der Waals surface area contributed by atoms with Crippen molar-refractivity contribution < 1.29 is 31.4 Å². The predicted molar refractivity (Wildman–Crippen MR) is 147 cm³/mol. The van der Waals surface area contributed by atoms with Crippen molar-refractivity contribution in [1.82, 2.24) is 15.1 Å². The Labute approximate surface area is 235 Å². The minimum absolute atomic E-state index is 0.184. The number of H-pyrrole nitrogens is 1. The molecule has 7 rings (SSSR count). The maximum atomic E-state index is 14.6. The molecule has 5 nitrogen and oxygen atoms in total. The first kappa shape index (κ1) is 26.2. The number of ether oxygens (including phenoxy) is 2. The van der Waals surface area contributed by atoms with Gasteiger partial charge in [-0.3, -0.25) is 10.00 Å². The predicted octanol–water partition coefficient (Wildman–Crippen LogP) is 8.06. The summed E-state index contributed by atoms with van der Waals surface area (Å²) in [5.74, 6) is -6.14. The largest absolute Gasteiger partial charge is 0.492 e. The molecule has 212 valence electrons. The Morgan fingerprint density at radius 2 is 1.76 bits per heavy atom. The lowest BCUT2D eigenvalue weighted by atomic mass is 10.00. The molecule has 2 aliphatic rings. The van der Waals surface area contributed by atoms with Gasteiger partial charge in [-0.1, -0.05) is 6.07 Å². The van der Waals surface area contributed by atoms with Crippen LogP contribution in [-0.4, -0.2) is 47.3 Å². The molecule has 1 aliphatic heterocycles. The lowest BCUT2D eigenvalue weighted by Crippen LogP contribution is -2.31. The molecule has 1 saturated heterocycles. The molecule has 2 atom stereocenters. The first-order chi connectivity index (χ1) is 19.6. The number of rotatable bonds is 8. The molecule has 0 radical (unpaired) electrons.